The van der Waals surface area contributed by atoms with E-state index in [1.165, 1.54) is 0 Å². The lowest BCUT2D eigenvalue weighted by Gasteiger charge is -2.27. The third-order valence-corrected chi connectivity index (χ3v) is 7.83. The van der Waals surface area contributed by atoms with E-state index < -0.39 is 0 Å². The van der Waals surface area contributed by atoms with Gasteiger partial charge in [-0.05, 0) is 111 Å². The minimum atomic E-state index is -0.238. The second-order valence-electron chi connectivity index (χ2n) is 10.9. The van der Waals surface area contributed by atoms with Crippen LogP contribution in [0.15, 0.2) is 12.4 Å². The van der Waals surface area contributed by atoms with E-state index in [-0.39, 0.29) is 22.8 Å². The summed E-state index contributed by atoms with van der Waals surface area (Å²) in [6, 6.07) is 0. The van der Waals surface area contributed by atoms with Gasteiger partial charge in [0.15, 0.2) is 9.54 Å². The molecule has 0 amide bonds. The van der Waals surface area contributed by atoms with Gasteiger partial charge >= 0.3 is 0 Å². The SMILES string of the molecule is CCn1cc(O)n(C(C)(C)CCCCOCCCOCCCCC(C)(C)n2c(O)cn(CC)c2=S)c1=S. The van der Waals surface area contributed by atoms with Gasteiger partial charge in [-0.25, -0.2) is 0 Å². The predicted molar refractivity (Wildman–Crippen MR) is 154 cm³/mol. The highest BCUT2D eigenvalue weighted by Gasteiger charge is 2.25. The average Bonchev–Trinajstić information content (AvgIpc) is 3.30. The van der Waals surface area contributed by atoms with Gasteiger partial charge in [0.05, 0.1) is 12.4 Å². The zero-order valence-corrected chi connectivity index (χ0v) is 25.3. The Morgan fingerprint density at radius 2 is 1.00 bits per heavy atom. The number of aryl methyl sites for hydroxylation is 2. The molecular weight excluding hydrogens is 508 g/mol. The van der Waals surface area contributed by atoms with Crippen LogP contribution in [0.25, 0.3) is 0 Å². The molecule has 0 aliphatic rings. The molecule has 0 atom stereocenters. The number of hydrogen-bond acceptors (Lipinski definition) is 6. The van der Waals surface area contributed by atoms with Crippen LogP contribution in [0.2, 0.25) is 0 Å². The average molecular weight is 557 g/mol. The van der Waals surface area contributed by atoms with Crippen molar-refractivity contribution in [3.05, 3.63) is 21.9 Å². The van der Waals surface area contributed by atoms with E-state index in [2.05, 4.69) is 27.7 Å². The summed E-state index contributed by atoms with van der Waals surface area (Å²) in [5.41, 5.74) is -0.476. The van der Waals surface area contributed by atoms with Crippen LogP contribution in [-0.4, -0.2) is 54.9 Å². The molecule has 0 spiro atoms. The van der Waals surface area contributed by atoms with Crippen molar-refractivity contribution in [2.75, 3.05) is 26.4 Å². The van der Waals surface area contributed by atoms with Crippen molar-refractivity contribution in [3.63, 3.8) is 0 Å². The Morgan fingerprint density at radius 1 is 0.649 bits per heavy atom. The zero-order chi connectivity index (χ0) is 27.6. The van der Waals surface area contributed by atoms with Gasteiger partial charge < -0.3 is 28.8 Å². The summed E-state index contributed by atoms with van der Waals surface area (Å²) >= 11 is 11.0. The summed E-state index contributed by atoms with van der Waals surface area (Å²) in [5.74, 6) is 0.458. The van der Waals surface area contributed by atoms with Crippen LogP contribution in [0.5, 0.6) is 11.8 Å². The summed E-state index contributed by atoms with van der Waals surface area (Å²) in [6.45, 7) is 16.9. The monoisotopic (exact) mass is 556 g/mol. The van der Waals surface area contributed by atoms with Gasteiger partial charge in [-0.1, -0.05) is 0 Å². The Labute approximate surface area is 232 Å². The Kier molecular flexibility index (Phi) is 12.4. The van der Waals surface area contributed by atoms with E-state index in [0.717, 1.165) is 71.2 Å². The van der Waals surface area contributed by atoms with Crippen LogP contribution in [0.4, 0.5) is 0 Å². The topological polar surface area (TPSA) is 78.6 Å². The molecule has 0 radical (unpaired) electrons. The molecule has 2 rings (SSSR count). The van der Waals surface area contributed by atoms with E-state index in [0.29, 0.717) is 22.8 Å². The largest absolute Gasteiger partial charge is 0.493 e. The fraction of sp³-hybridized carbons (Fsp3) is 0.778. The van der Waals surface area contributed by atoms with Crippen LogP contribution in [0.1, 0.15) is 86.5 Å². The van der Waals surface area contributed by atoms with Crippen LogP contribution in [0.3, 0.4) is 0 Å². The number of aromatic hydroxyl groups is 2. The second-order valence-corrected chi connectivity index (χ2v) is 11.6. The summed E-state index contributed by atoms with van der Waals surface area (Å²) < 4.78 is 20.4. The Balaban J connectivity index is 1.52. The summed E-state index contributed by atoms with van der Waals surface area (Å²) in [4.78, 5) is 0. The Bertz CT molecular complexity index is 997. The molecule has 0 aliphatic carbocycles. The van der Waals surface area contributed by atoms with Crippen LogP contribution in [0, 0.1) is 9.54 Å². The molecule has 0 saturated carbocycles. The molecule has 2 N–H and O–H groups in total. The molecule has 0 saturated heterocycles. The highest BCUT2D eigenvalue weighted by Crippen LogP contribution is 2.30. The molecule has 2 heterocycles. The summed E-state index contributed by atoms with van der Waals surface area (Å²) in [7, 11) is 0. The summed E-state index contributed by atoms with van der Waals surface area (Å²) in [6.07, 6.45) is 10.1. The number of rotatable bonds is 18. The number of imidazole rings is 2. The minimum absolute atomic E-state index is 0.229. The quantitative estimate of drug-likeness (QED) is 0.156. The zero-order valence-electron chi connectivity index (χ0n) is 23.7. The molecule has 2 aromatic heterocycles. The Morgan fingerprint density at radius 3 is 1.32 bits per heavy atom. The number of ether oxygens (including phenoxy) is 2. The number of unbranched alkanes of at least 4 members (excludes halogenated alkanes) is 2. The van der Waals surface area contributed by atoms with E-state index in [1.807, 2.05) is 32.1 Å². The van der Waals surface area contributed by atoms with Crippen molar-refractivity contribution in [1.29, 1.82) is 0 Å². The minimum Gasteiger partial charge on any atom is -0.493 e. The molecule has 212 valence electrons. The fourth-order valence-corrected chi connectivity index (χ4v) is 5.81. The van der Waals surface area contributed by atoms with Crippen LogP contribution >= 0.6 is 24.4 Å². The second kappa shape index (κ2) is 14.5. The van der Waals surface area contributed by atoms with Crippen molar-refractivity contribution in [1.82, 2.24) is 18.3 Å². The normalized spacial score (nSPS) is 12.5. The van der Waals surface area contributed by atoms with Gasteiger partial charge in [0.1, 0.15) is 0 Å². The first-order valence-electron chi connectivity index (χ1n) is 13.6. The first-order valence-corrected chi connectivity index (χ1v) is 14.5. The molecule has 8 nitrogen and oxygen atoms in total. The molecule has 0 aromatic carbocycles. The van der Waals surface area contributed by atoms with E-state index in [1.54, 1.807) is 12.4 Å². The first kappa shape index (κ1) is 31.6. The van der Waals surface area contributed by atoms with Gasteiger partial charge in [-0.15, -0.1) is 0 Å². The van der Waals surface area contributed by atoms with Crippen molar-refractivity contribution in [2.45, 2.75) is 111 Å². The maximum absolute atomic E-state index is 10.3. The van der Waals surface area contributed by atoms with Gasteiger partial charge in [0.25, 0.3) is 0 Å². The molecule has 10 heteroatoms. The van der Waals surface area contributed by atoms with Crippen molar-refractivity contribution >= 4 is 24.4 Å². The first-order chi connectivity index (χ1) is 17.5. The number of nitrogens with zero attached hydrogens (tertiary/aromatic N) is 4. The smallest absolute Gasteiger partial charge is 0.210 e. The van der Waals surface area contributed by atoms with Crippen molar-refractivity contribution in [3.8, 4) is 11.8 Å². The molecule has 0 bridgehead atoms. The predicted octanol–water partition coefficient (Wildman–Crippen LogP) is 6.74. The molecule has 0 fully saturated rings. The highest BCUT2D eigenvalue weighted by atomic mass is 32.1. The Hall–Kier alpha value is -1.62. The van der Waals surface area contributed by atoms with Crippen LogP contribution in [-0.2, 0) is 33.6 Å². The van der Waals surface area contributed by atoms with E-state index in [4.69, 9.17) is 33.9 Å². The highest BCUT2D eigenvalue weighted by molar-refractivity contribution is 7.71. The lowest BCUT2D eigenvalue weighted by Crippen LogP contribution is -2.26. The maximum atomic E-state index is 10.3. The fourth-order valence-electron chi connectivity index (χ4n) is 4.76. The van der Waals surface area contributed by atoms with Gasteiger partial charge in [0, 0.05) is 50.6 Å². The van der Waals surface area contributed by atoms with Gasteiger partial charge in [-0.3, -0.25) is 9.13 Å². The number of hydrogen-bond donors (Lipinski definition) is 2. The standard InChI is InChI=1S/C27H48N4O4S2/c1-7-28-20-22(32)30(24(28)36)26(3,4)14-9-11-16-34-18-13-19-35-17-12-10-15-27(5,6)31-23(33)21-29(8-2)25(31)37/h20-21,32-33H,7-19H2,1-6H3. The molecule has 37 heavy (non-hydrogen) atoms. The van der Waals surface area contributed by atoms with Gasteiger partial charge in [0.2, 0.25) is 11.8 Å². The summed E-state index contributed by atoms with van der Waals surface area (Å²) in [5, 5.41) is 20.6. The maximum Gasteiger partial charge on any atom is 0.210 e. The molecule has 2 aromatic rings. The van der Waals surface area contributed by atoms with Crippen molar-refractivity contribution in [2.24, 2.45) is 0 Å². The van der Waals surface area contributed by atoms with Gasteiger partial charge in [-0.2, -0.15) is 0 Å². The van der Waals surface area contributed by atoms with E-state index in [9.17, 15) is 10.2 Å². The van der Waals surface area contributed by atoms with E-state index >= 15 is 0 Å². The lowest BCUT2D eigenvalue weighted by atomic mass is 9.97. The van der Waals surface area contributed by atoms with Crippen molar-refractivity contribution < 1.29 is 19.7 Å². The third kappa shape index (κ3) is 8.70. The third-order valence-electron chi connectivity index (χ3n) is 7.00. The molecular formula is C27H48N4O4S2. The molecule has 0 unspecified atom stereocenters. The molecule has 0 aliphatic heterocycles. The van der Waals surface area contributed by atoms with Crippen LogP contribution < -0.4 is 0 Å². The lowest BCUT2D eigenvalue weighted by molar-refractivity contribution is 0.0778. The number of aromatic nitrogens is 4.